The first kappa shape index (κ1) is 16.9. The Bertz CT molecular complexity index is 326. The summed E-state index contributed by atoms with van der Waals surface area (Å²) in [5.41, 5.74) is 1.42. The van der Waals surface area contributed by atoms with E-state index in [2.05, 4.69) is 66.0 Å². The van der Waals surface area contributed by atoms with Crippen molar-refractivity contribution in [2.75, 3.05) is 19.8 Å². The second kappa shape index (κ2) is 10.6. The average Bonchev–Trinajstić information content (AvgIpc) is 2.43. The van der Waals surface area contributed by atoms with Crippen LogP contribution in [0.1, 0.15) is 38.7 Å². The van der Waals surface area contributed by atoms with E-state index >= 15 is 0 Å². The fraction of sp³-hybridized carbons (Fsp3) is 0.625. The Hall–Kier alpha value is -0.130. The molecule has 2 nitrogen and oxygen atoms in total. The Labute approximate surface area is 131 Å². The van der Waals surface area contributed by atoms with Crippen LogP contribution in [0.4, 0.5) is 0 Å². The molecule has 0 aliphatic heterocycles. The molecule has 0 saturated carbocycles. The lowest BCUT2D eigenvalue weighted by Crippen LogP contribution is -2.32. The third-order valence-corrected chi connectivity index (χ3v) is 3.84. The number of hydrogen-bond donors (Lipinski definition) is 1. The van der Waals surface area contributed by atoms with Crippen LogP contribution in [0.15, 0.2) is 24.3 Å². The molecule has 0 amide bonds. The molecular formula is C16H26INO. The molecule has 1 rings (SSSR count). The molecule has 0 aliphatic carbocycles. The molecule has 0 saturated heterocycles. The molecule has 3 heteroatoms. The summed E-state index contributed by atoms with van der Waals surface area (Å²) < 4.78 is 6.73. The van der Waals surface area contributed by atoms with Crippen molar-refractivity contribution in [2.45, 2.75) is 45.6 Å². The predicted molar refractivity (Wildman–Crippen MR) is 90.7 cm³/mol. The fourth-order valence-corrected chi connectivity index (χ4v) is 2.47. The molecule has 108 valence electrons. The van der Waals surface area contributed by atoms with Gasteiger partial charge in [0.15, 0.2) is 0 Å². The van der Waals surface area contributed by atoms with Crippen molar-refractivity contribution in [3.05, 3.63) is 33.4 Å². The summed E-state index contributed by atoms with van der Waals surface area (Å²) in [5, 5.41) is 3.65. The second-order valence-electron chi connectivity index (χ2n) is 4.82. The summed E-state index contributed by atoms with van der Waals surface area (Å²) in [6.45, 7) is 7.08. The summed E-state index contributed by atoms with van der Waals surface area (Å²) in [6.07, 6.45) is 4.63. The van der Waals surface area contributed by atoms with Crippen molar-refractivity contribution in [3.8, 4) is 0 Å². The van der Waals surface area contributed by atoms with Gasteiger partial charge >= 0.3 is 0 Å². The Balaban J connectivity index is 2.41. The minimum atomic E-state index is 0.570. The van der Waals surface area contributed by atoms with E-state index in [1.807, 2.05) is 0 Å². The SMILES string of the molecule is CCCNC(CCCOCC)Cc1ccc(I)cc1. The van der Waals surface area contributed by atoms with E-state index < -0.39 is 0 Å². The molecule has 0 bridgehead atoms. The van der Waals surface area contributed by atoms with Crippen LogP contribution in [0.5, 0.6) is 0 Å². The first-order valence-electron chi connectivity index (χ1n) is 7.31. The van der Waals surface area contributed by atoms with Gasteiger partial charge in [0.1, 0.15) is 0 Å². The van der Waals surface area contributed by atoms with Crippen molar-refractivity contribution in [2.24, 2.45) is 0 Å². The Morgan fingerprint density at radius 3 is 2.58 bits per heavy atom. The van der Waals surface area contributed by atoms with E-state index in [-0.39, 0.29) is 0 Å². The Kier molecular flexibility index (Phi) is 9.47. The van der Waals surface area contributed by atoms with Gasteiger partial charge in [0.2, 0.25) is 0 Å². The quantitative estimate of drug-likeness (QED) is 0.493. The fourth-order valence-electron chi connectivity index (χ4n) is 2.11. The molecule has 0 aromatic heterocycles. The van der Waals surface area contributed by atoms with E-state index in [0.717, 1.165) is 32.6 Å². The maximum absolute atomic E-state index is 5.43. The highest BCUT2D eigenvalue weighted by atomic mass is 127. The number of rotatable bonds is 10. The van der Waals surface area contributed by atoms with E-state index in [4.69, 9.17) is 4.74 Å². The summed E-state index contributed by atoms with van der Waals surface area (Å²) in [7, 11) is 0. The number of halogens is 1. The van der Waals surface area contributed by atoms with Gasteiger partial charge in [-0.05, 0) is 79.4 Å². The summed E-state index contributed by atoms with van der Waals surface area (Å²) in [5.74, 6) is 0. The van der Waals surface area contributed by atoms with Crippen LogP contribution in [0.25, 0.3) is 0 Å². The molecule has 1 aromatic rings. The first-order chi connectivity index (χ1) is 9.26. The number of ether oxygens (including phenoxy) is 1. The number of benzene rings is 1. The number of hydrogen-bond acceptors (Lipinski definition) is 2. The largest absolute Gasteiger partial charge is 0.382 e. The standard InChI is InChI=1S/C16H26INO/c1-3-11-18-16(6-5-12-19-4-2)13-14-7-9-15(17)10-8-14/h7-10,16,18H,3-6,11-13H2,1-2H3. The zero-order valence-corrected chi connectivity index (χ0v) is 14.3. The maximum Gasteiger partial charge on any atom is 0.0466 e. The molecular weight excluding hydrogens is 349 g/mol. The lowest BCUT2D eigenvalue weighted by molar-refractivity contribution is 0.140. The van der Waals surface area contributed by atoms with Gasteiger partial charge in [-0.3, -0.25) is 0 Å². The van der Waals surface area contributed by atoms with Gasteiger partial charge in [-0.1, -0.05) is 19.1 Å². The minimum Gasteiger partial charge on any atom is -0.382 e. The van der Waals surface area contributed by atoms with Gasteiger partial charge < -0.3 is 10.1 Å². The lowest BCUT2D eigenvalue weighted by Gasteiger charge is -2.18. The van der Waals surface area contributed by atoms with Crippen LogP contribution < -0.4 is 5.32 Å². The van der Waals surface area contributed by atoms with E-state index in [1.54, 1.807) is 0 Å². The van der Waals surface area contributed by atoms with Gasteiger partial charge in [-0.25, -0.2) is 0 Å². The number of nitrogens with one attached hydrogen (secondary N) is 1. The van der Waals surface area contributed by atoms with Crippen molar-refractivity contribution in [1.29, 1.82) is 0 Å². The highest BCUT2D eigenvalue weighted by Crippen LogP contribution is 2.11. The Morgan fingerprint density at radius 1 is 1.21 bits per heavy atom. The molecule has 0 radical (unpaired) electrons. The summed E-state index contributed by atoms with van der Waals surface area (Å²) >= 11 is 2.35. The third kappa shape index (κ3) is 7.90. The molecule has 1 atom stereocenters. The second-order valence-corrected chi connectivity index (χ2v) is 6.07. The van der Waals surface area contributed by atoms with E-state index in [1.165, 1.54) is 22.0 Å². The van der Waals surface area contributed by atoms with E-state index in [9.17, 15) is 0 Å². The summed E-state index contributed by atoms with van der Waals surface area (Å²) in [6, 6.07) is 9.43. The van der Waals surface area contributed by atoms with Crippen molar-refractivity contribution >= 4 is 22.6 Å². The third-order valence-electron chi connectivity index (χ3n) is 3.12. The first-order valence-corrected chi connectivity index (χ1v) is 8.39. The molecule has 0 fully saturated rings. The molecule has 1 N–H and O–H groups in total. The highest BCUT2D eigenvalue weighted by molar-refractivity contribution is 14.1. The maximum atomic E-state index is 5.43. The zero-order chi connectivity index (χ0) is 13.9. The molecule has 1 unspecified atom stereocenters. The topological polar surface area (TPSA) is 21.3 Å². The van der Waals surface area contributed by atoms with Crippen LogP contribution in [0.2, 0.25) is 0 Å². The van der Waals surface area contributed by atoms with Crippen LogP contribution in [-0.2, 0) is 11.2 Å². The molecule has 1 aromatic carbocycles. The lowest BCUT2D eigenvalue weighted by atomic mass is 10.0. The molecule has 0 aliphatic rings. The predicted octanol–water partition coefficient (Wildman–Crippen LogP) is 4.02. The van der Waals surface area contributed by atoms with Crippen LogP contribution in [0, 0.1) is 3.57 Å². The minimum absolute atomic E-state index is 0.570. The van der Waals surface area contributed by atoms with Crippen molar-refractivity contribution in [3.63, 3.8) is 0 Å². The van der Waals surface area contributed by atoms with Gasteiger partial charge in [0.25, 0.3) is 0 Å². The molecule has 0 spiro atoms. The van der Waals surface area contributed by atoms with Crippen LogP contribution >= 0.6 is 22.6 Å². The van der Waals surface area contributed by atoms with Gasteiger partial charge in [-0.2, -0.15) is 0 Å². The zero-order valence-electron chi connectivity index (χ0n) is 12.1. The highest BCUT2D eigenvalue weighted by Gasteiger charge is 2.08. The van der Waals surface area contributed by atoms with Gasteiger partial charge in [-0.15, -0.1) is 0 Å². The van der Waals surface area contributed by atoms with Gasteiger partial charge in [0.05, 0.1) is 0 Å². The smallest absolute Gasteiger partial charge is 0.0466 e. The Morgan fingerprint density at radius 2 is 1.95 bits per heavy atom. The average molecular weight is 375 g/mol. The van der Waals surface area contributed by atoms with Gasteiger partial charge in [0, 0.05) is 22.8 Å². The molecule has 19 heavy (non-hydrogen) atoms. The normalized spacial score (nSPS) is 12.6. The van der Waals surface area contributed by atoms with Crippen molar-refractivity contribution < 1.29 is 4.74 Å². The molecule has 0 heterocycles. The van der Waals surface area contributed by atoms with Crippen LogP contribution in [-0.4, -0.2) is 25.8 Å². The van der Waals surface area contributed by atoms with Crippen molar-refractivity contribution in [1.82, 2.24) is 5.32 Å². The monoisotopic (exact) mass is 375 g/mol. The van der Waals surface area contributed by atoms with E-state index in [0.29, 0.717) is 6.04 Å². The van der Waals surface area contributed by atoms with Crippen LogP contribution in [0.3, 0.4) is 0 Å². The summed E-state index contributed by atoms with van der Waals surface area (Å²) in [4.78, 5) is 0.